The second-order valence-corrected chi connectivity index (χ2v) is 5.98. The number of aromatic hydroxyl groups is 1. The Balaban J connectivity index is 1.62. The van der Waals surface area contributed by atoms with Crippen molar-refractivity contribution in [3.8, 4) is 5.75 Å². The van der Waals surface area contributed by atoms with Gasteiger partial charge < -0.3 is 20.1 Å². The number of nitrogens with zero attached hydrogens (tertiary/aromatic N) is 1. The summed E-state index contributed by atoms with van der Waals surface area (Å²) in [5.74, 6) is -0.00663. The maximum atomic E-state index is 11.9. The average Bonchev–Trinajstić information content (AvgIpc) is 2.51. The molecular formula is C17H26N2O3. The van der Waals surface area contributed by atoms with Crippen LogP contribution in [0.3, 0.4) is 0 Å². The number of benzene rings is 1. The molecule has 0 aromatic heterocycles. The van der Waals surface area contributed by atoms with Gasteiger partial charge in [-0.1, -0.05) is 6.07 Å². The molecular weight excluding hydrogens is 280 g/mol. The van der Waals surface area contributed by atoms with Crippen molar-refractivity contribution in [2.45, 2.75) is 32.3 Å². The molecule has 1 fully saturated rings. The highest BCUT2D eigenvalue weighted by atomic mass is 16.5. The third kappa shape index (κ3) is 5.00. The van der Waals surface area contributed by atoms with E-state index in [9.17, 15) is 9.90 Å². The number of phenols is 1. The molecule has 1 amide bonds. The summed E-state index contributed by atoms with van der Waals surface area (Å²) < 4.78 is 5.84. The van der Waals surface area contributed by atoms with Crippen LogP contribution in [0.15, 0.2) is 18.2 Å². The molecule has 1 heterocycles. The SMILES string of the molecule is Cc1ccc(C(=O)NCCCOC2CCN(C)CC2)cc1O. The lowest BCUT2D eigenvalue weighted by molar-refractivity contribution is 0.0117. The van der Waals surface area contributed by atoms with Gasteiger partial charge in [0, 0.05) is 31.8 Å². The number of hydrogen-bond donors (Lipinski definition) is 2. The van der Waals surface area contributed by atoms with E-state index < -0.39 is 0 Å². The van der Waals surface area contributed by atoms with E-state index in [-0.39, 0.29) is 11.7 Å². The molecule has 1 aromatic rings. The zero-order valence-corrected chi connectivity index (χ0v) is 13.5. The molecule has 122 valence electrons. The predicted octanol–water partition coefficient (Wildman–Crippen LogP) is 1.93. The standard InChI is InChI=1S/C17H26N2O3/c1-13-4-5-14(12-16(13)20)17(21)18-8-3-11-22-15-6-9-19(2)10-7-15/h4-5,12,15,20H,3,6-11H2,1-2H3,(H,18,21). The lowest BCUT2D eigenvalue weighted by Crippen LogP contribution is -2.34. The van der Waals surface area contributed by atoms with Crippen LogP contribution in [-0.4, -0.2) is 55.3 Å². The van der Waals surface area contributed by atoms with Gasteiger partial charge in [0.2, 0.25) is 0 Å². The minimum Gasteiger partial charge on any atom is -0.508 e. The zero-order valence-electron chi connectivity index (χ0n) is 13.5. The molecule has 0 atom stereocenters. The molecule has 1 aliphatic heterocycles. The van der Waals surface area contributed by atoms with Crippen molar-refractivity contribution in [2.75, 3.05) is 33.3 Å². The van der Waals surface area contributed by atoms with Crippen molar-refractivity contribution in [1.82, 2.24) is 10.2 Å². The van der Waals surface area contributed by atoms with Crippen LogP contribution in [0, 0.1) is 6.92 Å². The molecule has 2 N–H and O–H groups in total. The fourth-order valence-corrected chi connectivity index (χ4v) is 2.53. The van der Waals surface area contributed by atoms with Crippen molar-refractivity contribution in [2.24, 2.45) is 0 Å². The number of rotatable bonds is 6. The maximum Gasteiger partial charge on any atom is 0.251 e. The van der Waals surface area contributed by atoms with Gasteiger partial charge in [0.05, 0.1) is 6.10 Å². The average molecular weight is 306 g/mol. The van der Waals surface area contributed by atoms with E-state index in [1.807, 2.05) is 0 Å². The van der Waals surface area contributed by atoms with E-state index in [0.29, 0.717) is 24.8 Å². The lowest BCUT2D eigenvalue weighted by Gasteiger charge is -2.28. The number of carbonyl (C=O) groups excluding carboxylic acids is 1. The summed E-state index contributed by atoms with van der Waals surface area (Å²) in [6.07, 6.45) is 3.34. The first-order valence-electron chi connectivity index (χ1n) is 7.94. The number of nitrogens with one attached hydrogen (secondary N) is 1. The van der Waals surface area contributed by atoms with Crippen molar-refractivity contribution < 1.29 is 14.6 Å². The van der Waals surface area contributed by atoms with Gasteiger partial charge in [-0.05, 0) is 50.9 Å². The Morgan fingerprint density at radius 1 is 1.41 bits per heavy atom. The first kappa shape index (κ1) is 16.8. The van der Waals surface area contributed by atoms with E-state index in [1.165, 1.54) is 6.07 Å². The first-order valence-corrected chi connectivity index (χ1v) is 7.94. The number of amides is 1. The summed E-state index contributed by atoms with van der Waals surface area (Å²) in [7, 11) is 2.13. The largest absolute Gasteiger partial charge is 0.508 e. The number of phenolic OH excluding ortho intramolecular Hbond substituents is 1. The second kappa shape index (κ2) is 8.15. The van der Waals surface area contributed by atoms with Crippen molar-refractivity contribution in [3.63, 3.8) is 0 Å². The quantitative estimate of drug-likeness (QED) is 0.788. The van der Waals surface area contributed by atoms with Crippen LogP contribution in [0.4, 0.5) is 0 Å². The normalized spacial score (nSPS) is 16.6. The monoisotopic (exact) mass is 306 g/mol. The van der Waals surface area contributed by atoms with Crippen LogP contribution in [0.2, 0.25) is 0 Å². The van der Waals surface area contributed by atoms with Gasteiger partial charge in [0.25, 0.3) is 5.91 Å². The number of ether oxygens (including phenoxy) is 1. The van der Waals surface area contributed by atoms with E-state index in [1.54, 1.807) is 19.1 Å². The Labute approximate surface area is 132 Å². The van der Waals surface area contributed by atoms with Crippen LogP contribution in [-0.2, 0) is 4.74 Å². The first-order chi connectivity index (χ1) is 10.6. The summed E-state index contributed by atoms with van der Waals surface area (Å²) in [6.45, 7) is 5.25. The molecule has 0 bridgehead atoms. The fraction of sp³-hybridized carbons (Fsp3) is 0.588. The second-order valence-electron chi connectivity index (χ2n) is 5.98. The third-order valence-corrected chi connectivity index (χ3v) is 4.10. The molecule has 5 nitrogen and oxygen atoms in total. The molecule has 1 saturated heterocycles. The van der Waals surface area contributed by atoms with Crippen LogP contribution < -0.4 is 5.32 Å². The number of likely N-dealkylation sites (tertiary alicyclic amines) is 1. The Hall–Kier alpha value is -1.59. The summed E-state index contributed by atoms with van der Waals surface area (Å²) in [5.41, 5.74) is 1.25. The topological polar surface area (TPSA) is 61.8 Å². The van der Waals surface area contributed by atoms with Gasteiger partial charge in [-0.25, -0.2) is 0 Å². The maximum absolute atomic E-state index is 11.9. The molecule has 0 radical (unpaired) electrons. The summed E-state index contributed by atoms with van der Waals surface area (Å²) >= 11 is 0. The highest BCUT2D eigenvalue weighted by molar-refractivity contribution is 5.94. The van der Waals surface area contributed by atoms with E-state index in [2.05, 4.69) is 17.3 Å². The Morgan fingerprint density at radius 3 is 2.82 bits per heavy atom. The summed E-state index contributed by atoms with van der Waals surface area (Å²) in [5, 5.41) is 12.5. The molecule has 2 rings (SSSR count). The predicted molar refractivity (Wildman–Crippen MR) is 86.3 cm³/mol. The zero-order chi connectivity index (χ0) is 15.9. The Morgan fingerprint density at radius 2 is 2.14 bits per heavy atom. The molecule has 0 aliphatic carbocycles. The number of carbonyl (C=O) groups is 1. The Bertz CT molecular complexity index is 497. The molecule has 1 aromatic carbocycles. The molecule has 22 heavy (non-hydrogen) atoms. The van der Waals surface area contributed by atoms with Crippen molar-refractivity contribution in [1.29, 1.82) is 0 Å². The number of aryl methyl sites for hydroxylation is 1. The molecule has 0 spiro atoms. The molecule has 0 saturated carbocycles. The van der Waals surface area contributed by atoms with E-state index in [0.717, 1.165) is 37.9 Å². The van der Waals surface area contributed by atoms with Gasteiger partial charge in [0.1, 0.15) is 5.75 Å². The van der Waals surface area contributed by atoms with Gasteiger partial charge in [-0.2, -0.15) is 0 Å². The smallest absolute Gasteiger partial charge is 0.251 e. The molecule has 5 heteroatoms. The van der Waals surface area contributed by atoms with Gasteiger partial charge in [-0.3, -0.25) is 4.79 Å². The minimum absolute atomic E-state index is 0.151. The van der Waals surface area contributed by atoms with Crippen molar-refractivity contribution in [3.05, 3.63) is 29.3 Å². The molecule has 0 unspecified atom stereocenters. The Kier molecular flexibility index (Phi) is 6.21. The van der Waals surface area contributed by atoms with Crippen LogP contribution in [0.25, 0.3) is 0 Å². The summed E-state index contributed by atoms with van der Waals surface area (Å²) in [4.78, 5) is 14.3. The number of hydrogen-bond acceptors (Lipinski definition) is 4. The number of piperidine rings is 1. The van der Waals surface area contributed by atoms with E-state index >= 15 is 0 Å². The van der Waals surface area contributed by atoms with Gasteiger partial charge in [-0.15, -0.1) is 0 Å². The minimum atomic E-state index is -0.158. The van der Waals surface area contributed by atoms with Gasteiger partial charge >= 0.3 is 0 Å². The summed E-state index contributed by atoms with van der Waals surface area (Å²) in [6, 6.07) is 4.96. The van der Waals surface area contributed by atoms with Crippen LogP contribution >= 0.6 is 0 Å². The highest BCUT2D eigenvalue weighted by Crippen LogP contribution is 2.17. The lowest BCUT2D eigenvalue weighted by atomic mass is 10.1. The van der Waals surface area contributed by atoms with Crippen molar-refractivity contribution >= 4 is 5.91 Å². The van der Waals surface area contributed by atoms with Gasteiger partial charge in [0.15, 0.2) is 0 Å². The highest BCUT2D eigenvalue weighted by Gasteiger charge is 2.16. The molecule has 1 aliphatic rings. The third-order valence-electron chi connectivity index (χ3n) is 4.10. The van der Waals surface area contributed by atoms with Crippen LogP contribution in [0.1, 0.15) is 35.2 Å². The van der Waals surface area contributed by atoms with E-state index in [4.69, 9.17) is 4.74 Å². The van der Waals surface area contributed by atoms with Crippen LogP contribution in [0.5, 0.6) is 5.75 Å². The fourth-order valence-electron chi connectivity index (χ4n) is 2.53.